The van der Waals surface area contributed by atoms with E-state index >= 15 is 0 Å². The van der Waals surface area contributed by atoms with Crippen LogP contribution in [0, 0.1) is 17.4 Å². The lowest BCUT2D eigenvalue weighted by Crippen LogP contribution is -2.34. The largest absolute Gasteiger partial charge is 0.444 e. The molecule has 0 aromatic rings. The molecule has 0 heterocycles. The molecule has 0 rings (SSSR count). The van der Waals surface area contributed by atoms with E-state index in [4.69, 9.17) is 10.3 Å². The van der Waals surface area contributed by atoms with Crippen LogP contribution in [0.1, 0.15) is 65.7 Å². The number of nitrogens with one attached hydrogen (secondary N) is 2. The second kappa shape index (κ2) is 16.2. The van der Waals surface area contributed by atoms with Crippen molar-refractivity contribution in [2.45, 2.75) is 91.0 Å². The highest BCUT2D eigenvalue weighted by atomic mass is 28.3. The minimum absolute atomic E-state index is 0.0965. The van der Waals surface area contributed by atoms with Gasteiger partial charge in [-0.3, -0.25) is 9.59 Å². The molecule has 186 valence electrons. The van der Waals surface area contributed by atoms with Crippen molar-refractivity contribution in [3.05, 3.63) is 10.4 Å². The van der Waals surface area contributed by atoms with E-state index in [0.29, 0.717) is 32.4 Å². The van der Waals surface area contributed by atoms with Crippen molar-refractivity contribution in [1.82, 2.24) is 10.6 Å². The number of rotatable bonds is 14. The highest BCUT2D eigenvalue weighted by Crippen LogP contribution is 2.15. The molecule has 0 aromatic heterocycles. The second-order valence-corrected chi connectivity index (χ2v) is 14.8. The average molecular weight is 480 g/mol. The van der Waals surface area contributed by atoms with Gasteiger partial charge in [0.05, 0.1) is 0 Å². The number of alkyl carbamates (subject to hydrolysis) is 1. The maximum absolute atomic E-state index is 12.7. The van der Waals surface area contributed by atoms with Gasteiger partial charge in [-0.2, -0.15) is 0 Å². The average Bonchev–Trinajstić information content (AvgIpc) is 2.67. The number of ketones is 1. The first-order valence-corrected chi connectivity index (χ1v) is 15.1. The summed E-state index contributed by atoms with van der Waals surface area (Å²) in [6, 6.07) is 0. The highest BCUT2D eigenvalue weighted by Gasteiger charge is 2.21. The second-order valence-electron chi connectivity index (χ2n) is 10.0. The van der Waals surface area contributed by atoms with Gasteiger partial charge in [0.25, 0.3) is 0 Å². The predicted molar refractivity (Wildman–Crippen MR) is 133 cm³/mol. The normalized spacial score (nSPS) is 11.9. The summed E-state index contributed by atoms with van der Waals surface area (Å²) >= 11 is 0. The van der Waals surface area contributed by atoms with Crippen LogP contribution in [0.25, 0.3) is 10.4 Å². The van der Waals surface area contributed by atoms with Crippen LogP contribution in [0.5, 0.6) is 0 Å². The third-order valence-corrected chi connectivity index (χ3v) is 5.21. The number of hydrogen-bond acceptors (Lipinski definition) is 5. The van der Waals surface area contributed by atoms with E-state index in [1.807, 2.05) is 0 Å². The number of amides is 2. The summed E-state index contributed by atoms with van der Waals surface area (Å²) in [6.45, 7) is 13.0. The number of ether oxygens (including phenoxy) is 1. The Morgan fingerprint density at radius 1 is 1.09 bits per heavy atom. The van der Waals surface area contributed by atoms with Gasteiger partial charge in [0, 0.05) is 49.7 Å². The Morgan fingerprint density at radius 2 is 1.76 bits per heavy atom. The van der Waals surface area contributed by atoms with E-state index in [-0.39, 0.29) is 31.1 Å². The summed E-state index contributed by atoms with van der Waals surface area (Å²) < 4.78 is 5.19. The molecular weight excluding hydrogens is 438 g/mol. The molecule has 0 aliphatic heterocycles. The summed E-state index contributed by atoms with van der Waals surface area (Å²) in [6.07, 6.45) is 3.15. The molecule has 9 nitrogen and oxygen atoms in total. The molecule has 33 heavy (non-hydrogen) atoms. The van der Waals surface area contributed by atoms with Crippen LogP contribution >= 0.6 is 0 Å². The van der Waals surface area contributed by atoms with Crippen molar-refractivity contribution in [2.75, 3.05) is 19.6 Å². The molecule has 0 radical (unpaired) electrons. The molecular formula is C23H41N5O4Si. The minimum atomic E-state index is -1.38. The van der Waals surface area contributed by atoms with Crippen molar-refractivity contribution in [3.63, 3.8) is 0 Å². The Labute approximate surface area is 199 Å². The molecule has 1 atom stereocenters. The van der Waals surface area contributed by atoms with Gasteiger partial charge < -0.3 is 15.4 Å². The Kier molecular flexibility index (Phi) is 14.9. The van der Waals surface area contributed by atoms with Crippen LogP contribution in [0.15, 0.2) is 5.11 Å². The van der Waals surface area contributed by atoms with Crippen molar-refractivity contribution in [3.8, 4) is 11.5 Å². The highest BCUT2D eigenvalue weighted by molar-refractivity contribution is 6.83. The quantitative estimate of drug-likeness (QED) is 0.0929. The molecule has 0 unspecified atom stereocenters. The monoisotopic (exact) mass is 479 g/mol. The number of nitrogens with zero attached hydrogens (tertiary/aromatic N) is 3. The van der Waals surface area contributed by atoms with Crippen LogP contribution < -0.4 is 10.6 Å². The van der Waals surface area contributed by atoms with Gasteiger partial charge in [-0.1, -0.05) is 31.2 Å². The Hall–Kier alpha value is -2.50. The Balaban J connectivity index is 4.56. The zero-order chi connectivity index (χ0) is 25.3. The topological polar surface area (TPSA) is 133 Å². The smallest absolute Gasteiger partial charge is 0.407 e. The molecule has 0 aromatic carbocycles. The van der Waals surface area contributed by atoms with E-state index in [1.165, 1.54) is 0 Å². The number of Topliss-reactive ketones (excluding diaryl/α,β-unsaturated/α-hetero) is 1. The summed E-state index contributed by atoms with van der Waals surface area (Å²) in [5, 5.41) is 9.00. The zero-order valence-electron chi connectivity index (χ0n) is 21.1. The lowest BCUT2D eigenvalue weighted by Gasteiger charge is -2.20. The molecule has 0 bridgehead atoms. The fourth-order valence-corrected chi connectivity index (χ4v) is 3.46. The molecule has 0 spiro atoms. The number of hydrogen-bond donors (Lipinski definition) is 2. The molecule has 0 aliphatic rings. The van der Waals surface area contributed by atoms with Crippen molar-refractivity contribution in [2.24, 2.45) is 11.0 Å². The maximum Gasteiger partial charge on any atom is 0.407 e. The van der Waals surface area contributed by atoms with Crippen molar-refractivity contribution < 1.29 is 19.1 Å². The molecule has 10 heteroatoms. The maximum atomic E-state index is 12.7. The van der Waals surface area contributed by atoms with Crippen LogP contribution in [0.4, 0.5) is 4.79 Å². The van der Waals surface area contributed by atoms with E-state index in [2.05, 4.69) is 51.8 Å². The minimum Gasteiger partial charge on any atom is -0.444 e. The van der Waals surface area contributed by atoms with E-state index < -0.39 is 25.7 Å². The lowest BCUT2D eigenvalue weighted by molar-refractivity contribution is -0.129. The number of azide groups is 1. The summed E-state index contributed by atoms with van der Waals surface area (Å²) in [7, 11) is -1.38. The van der Waals surface area contributed by atoms with Crippen LogP contribution in [0.2, 0.25) is 19.6 Å². The Bertz CT molecular complexity index is 741. The summed E-state index contributed by atoms with van der Waals surface area (Å²) in [5.74, 6) is 2.49. The summed E-state index contributed by atoms with van der Waals surface area (Å²) in [4.78, 5) is 39.2. The van der Waals surface area contributed by atoms with E-state index in [0.717, 1.165) is 12.8 Å². The first-order chi connectivity index (χ1) is 15.3. The number of unbranched alkanes of at least 4 members (excludes halogenated alkanes) is 2. The molecule has 2 amide bonds. The lowest BCUT2D eigenvalue weighted by atomic mass is 9.94. The zero-order valence-corrected chi connectivity index (χ0v) is 22.1. The fraction of sp³-hybridized carbons (Fsp3) is 0.783. The van der Waals surface area contributed by atoms with Gasteiger partial charge in [0.2, 0.25) is 5.91 Å². The standard InChI is InChI=1S/C23H41N5O4Si/c1-23(2,3)32-22(31)26-15-10-8-12-19(18-20(29)13-16-27-28-24)21(30)25-14-9-7-11-17-33(4,5)6/h19H,7-10,12-16,18H2,1-6H3,(H,25,30)(H,26,31)/t19-/m1/s1. The fourth-order valence-electron chi connectivity index (χ4n) is 2.80. The first kappa shape index (κ1) is 30.5. The van der Waals surface area contributed by atoms with E-state index in [1.54, 1.807) is 20.8 Å². The Morgan fingerprint density at radius 3 is 2.36 bits per heavy atom. The van der Waals surface area contributed by atoms with Gasteiger partial charge >= 0.3 is 6.09 Å². The van der Waals surface area contributed by atoms with Crippen LogP contribution in [0.3, 0.4) is 0 Å². The third-order valence-electron chi connectivity index (χ3n) is 4.29. The molecule has 0 saturated carbocycles. The van der Waals surface area contributed by atoms with Gasteiger partial charge in [0.15, 0.2) is 0 Å². The predicted octanol–water partition coefficient (Wildman–Crippen LogP) is 4.73. The van der Waals surface area contributed by atoms with Gasteiger partial charge in [-0.15, -0.1) is 11.5 Å². The summed E-state index contributed by atoms with van der Waals surface area (Å²) in [5.41, 5.74) is 11.1. The van der Waals surface area contributed by atoms with E-state index in [9.17, 15) is 14.4 Å². The van der Waals surface area contributed by atoms with Crippen molar-refractivity contribution in [1.29, 1.82) is 0 Å². The van der Waals surface area contributed by atoms with Gasteiger partial charge in [0.1, 0.15) is 19.5 Å². The number of carbonyl (C=O) groups excluding carboxylic acids is 3. The molecule has 0 fully saturated rings. The van der Waals surface area contributed by atoms with Crippen LogP contribution in [-0.2, 0) is 14.3 Å². The third kappa shape index (κ3) is 19.9. The van der Waals surface area contributed by atoms with Crippen molar-refractivity contribution >= 4 is 25.9 Å². The number of carbonyl (C=O) groups is 3. The first-order valence-electron chi connectivity index (χ1n) is 11.6. The van der Waals surface area contributed by atoms with Crippen LogP contribution in [-0.4, -0.2) is 51.1 Å². The van der Waals surface area contributed by atoms with Gasteiger partial charge in [-0.25, -0.2) is 4.79 Å². The molecule has 2 N–H and O–H groups in total. The molecule has 0 aliphatic carbocycles. The van der Waals surface area contributed by atoms with Gasteiger partial charge in [-0.05, 0) is 45.6 Å². The SMILES string of the molecule is CC(C)(C)OC(=O)NCCCC[C@H](CC(=O)CCN=[N+]=[N-])C(=O)NCCCC#C[Si](C)(C)C. The molecule has 0 saturated heterocycles.